The fourth-order valence-electron chi connectivity index (χ4n) is 2.66. The van der Waals surface area contributed by atoms with Crippen LogP contribution in [-0.4, -0.2) is 61.8 Å². The molecule has 2 amide bonds. The van der Waals surface area contributed by atoms with Crippen molar-refractivity contribution < 1.29 is 42.9 Å². The first-order chi connectivity index (χ1) is 15.9. The van der Waals surface area contributed by atoms with Crippen LogP contribution in [0.2, 0.25) is 0 Å². The van der Waals surface area contributed by atoms with Gasteiger partial charge in [-0.1, -0.05) is 30.3 Å². The molecular weight excluding hydrogens is 448 g/mol. The Balaban J connectivity index is 2.77. The normalized spacial score (nSPS) is 12.5. The molecule has 1 rings (SSSR count). The summed E-state index contributed by atoms with van der Waals surface area (Å²) < 4.78 is 19.6. The van der Waals surface area contributed by atoms with Crippen LogP contribution in [-0.2, 0) is 44.7 Å². The van der Waals surface area contributed by atoms with Crippen LogP contribution in [0.5, 0.6) is 0 Å². The largest absolute Gasteiger partial charge is 0.469 e. The highest BCUT2D eigenvalue weighted by molar-refractivity contribution is 5.88. The quantitative estimate of drug-likeness (QED) is 0.356. The maximum Gasteiger partial charge on any atom is 0.408 e. The van der Waals surface area contributed by atoms with Gasteiger partial charge in [-0.3, -0.25) is 9.59 Å². The maximum atomic E-state index is 12.6. The molecule has 0 aromatic heterocycles. The van der Waals surface area contributed by atoms with Gasteiger partial charge < -0.3 is 29.6 Å². The summed E-state index contributed by atoms with van der Waals surface area (Å²) in [5.74, 6) is -2.95. The molecule has 0 saturated heterocycles. The third-order valence-electron chi connectivity index (χ3n) is 4.28. The standard InChI is InChI=1S/C23H32N2O9/c1-23(2,3)34-21(29)16(25-22(30)33-14-15-9-7-6-8-10-15)11-12-18(26)24-17(20(28)32-5)13-19(27)31-4/h6-10,16-17H,11-14H2,1-5H3,(H,24,26)(H,25,30)/t16?,17-/m1/s1. The van der Waals surface area contributed by atoms with E-state index in [2.05, 4.69) is 20.1 Å². The molecule has 0 aliphatic rings. The van der Waals surface area contributed by atoms with Gasteiger partial charge in [-0.2, -0.15) is 0 Å². The van der Waals surface area contributed by atoms with Gasteiger partial charge in [-0.15, -0.1) is 0 Å². The molecule has 2 N–H and O–H groups in total. The molecule has 1 unspecified atom stereocenters. The first kappa shape index (κ1) is 28.4. The van der Waals surface area contributed by atoms with Gasteiger partial charge in [0, 0.05) is 6.42 Å². The Kier molecular flexibility index (Phi) is 11.5. The van der Waals surface area contributed by atoms with E-state index in [0.717, 1.165) is 19.8 Å². The van der Waals surface area contributed by atoms with E-state index in [-0.39, 0.29) is 19.4 Å². The molecule has 1 aromatic carbocycles. The first-order valence-corrected chi connectivity index (χ1v) is 10.6. The third kappa shape index (κ3) is 11.3. The van der Waals surface area contributed by atoms with Gasteiger partial charge >= 0.3 is 24.0 Å². The second-order valence-corrected chi connectivity index (χ2v) is 8.25. The number of carbonyl (C=O) groups is 5. The van der Waals surface area contributed by atoms with E-state index in [9.17, 15) is 24.0 Å². The number of esters is 3. The number of carbonyl (C=O) groups excluding carboxylic acids is 5. The van der Waals surface area contributed by atoms with Gasteiger partial charge in [0.2, 0.25) is 5.91 Å². The summed E-state index contributed by atoms with van der Waals surface area (Å²) in [7, 11) is 2.26. The molecule has 0 aliphatic heterocycles. The number of hydrogen-bond acceptors (Lipinski definition) is 9. The van der Waals surface area contributed by atoms with Crippen molar-refractivity contribution in [1.82, 2.24) is 10.6 Å². The van der Waals surface area contributed by atoms with Crippen LogP contribution >= 0.6 is 0 Å². The van der Waals surface area contributed by atoms with E-state index in [0.29, 0.717) is 0 Å². The Bertz CT molecular complexity index is 850. The highest BCUT2D eigenvalue weighted by atomic mass is 16.6. The summed E-state index contributed by atoms with van der Waals surface area (Å²) in [6, 6.07) is 6.51. The smallest absolute Gasteiger partial charge is 0.408 e. The summed E-state index contributed by atoms with van der Waals surface area (Å²) in [4.78, 5) is 60.6. The molecule has 0 radical (unpaired) electrons. The predicted molar refractivity (Wildman–Crippen MR) is 119 cm³/mol. The molecule has 2 atom stereocenters. The molecule has 0 bridgehead atoms. The average Bonchev–Trinajstić information content (AvgIpc) is 2.78. The van der Waals surface area contributed by atoms with Gasteiger partial charge in [0.25, 0.3) is 0 Å². The number of ether oxygens (including phenoxy) is 4. The minimum atomic E-state index is -1.26. The number of amides is 2. The molecule has 34 heavy (non-hydrogen) atoms. The summed E-state index contributed by atoms with van der Waals surface area (Å²) >= 11 is 0. The van der Waals surface area contributed by atoms with Crippen molar-refractivity contribution in [3.8, 4) is 0 Å². The zero-order chi connectivity index (χ0) is 25.7. The lowest BCUT2D eigenvalue weighted by molar-refractivity contribution is -0.157. The molecule has 1 aromatic rings. The van der Waals surface area contributed by atoms with Crippen molar-refractivity contribution in [2.75, 3.05) is 14.2 Å². The predicted octanol–water partition coefficient (Wildman–Crippen LogP) is 1.62. The van der Waals surface area contributed by atoms with E-state index in [1.54, 1.807) is 45.0 Å². The van der Waals surface area contributed by atoms with Crippen LogP contribution in [0.15, 0.2) is 30.3 Å². The molecular formula is C23H32N2O9. The molecule has 0 aliphatic carbocycles. The molecule has 11 heteroatoms. The van der Waals surface area contributed by atoms with Gasteiger partial charge in [0.1, 0.15) is 24.3 Å². The van der Waals surface area contributed by atoms with E-state index >= 15 is 0 Å². The van der Waals surface area contributed by atoms with Crippen molar-refractivity contribution in [3.05, 3.63) is 35.9 Å². The zero-order valence-electron chi connectivity index (χ0n) is 20.0. The topological polar surface area (TPSA) is 146 Å². The van der Waals surface area contributed by atoms with Crippen molar-refractivity contribution in [2.24, 2.45) is 0 Å². The van der Waals surface area contributed by atoms with E-state index in [4.69, 9.17) is 9.47 Å². The van der Waals surface area contributed by atoms with Crippen molar-refractivity contribution >= 4 is 29.9 Å². The van der Waals surface area contributed by atoms with Gasteiger partial charge in [0.05, 0.1) is 20.6 Å². The second-order valence-electron chi connectivity index (χ2n) is 8.25. The molecule has 0 fully saturated rings. The number of alkyl carbamates (subject to hydrolysis) is 1. The van der Waals surface area contributed by atoms with Crippen LogP contribution in [0.1, 0.15) is 45.6 Å². The monoisotopic (exact) mass is 480 g/mol. The van der Waals surface area contributed by atoms with Crippen LogP contribution in [0.3, 0.4) is 0 Å². The molecule has 0 saturated carbocycles. The highest BCUT2D eigenvalue weighted by Crippen LogP contribution is 2.12. The SMILES string of the molecule is COC(=O)C[C@@H](NC(=O)CCC(NC(=O)OCc1ccccc1)C(=O)OC(C)(C)C)C(=O)OC. The Morgan fingerprint density at radius 1 is 0.882 bits per heavy atom. The highest BCUT2D eigenvalue weighted by Gasteiger charge is 2.29. The minimum Gasteiger partial charge on any atom is -0.469 e. The summed E-state index contributed by atoms with van der Waals surface area (Å²) in [6.45, 7) is 4.98. The number of nitrogens with one attached hydrogen (secondary N) is 2. The van der Waals surface area contributed by atoms with E-state index in [1.807, 2.05) is 6.07 Å². The Morgan fingerprint density at radius 2 is 1.53 bits per heavy atom. The maximum absolute atomic E-state index is 12.6. The van der Waals surface area contributed by atoms with Crippen LogP contribution in [0.25, 0.3) is 0 Å². The van der Waals surface area contributed by atoms with Crippen molar-refractivity contribution in [3.63, 3.8) is 0 Å². The van der Waals surface area contributed by atoms with Gasteiger partial charge in [-0.25, -0.2) is 14.4 Å². The van der Waals surface area contributed by atoms with Crippen LogP contribution in [0.4, 0.5) is 4.79 Å². The van der Waals surface area contributed by atoms with E-state index < -0.39 is 54.0 Å². The lowest BCUT2D eigenvalue weighted by Crippen LogP contribution is -2.46. The second kappa shape index (κ2) is 13.8. The van der Waals surface area contributed by atoms with Crippen LogP contribution in [0, 0.1) is 0 Å². The van der Waals surface area contributed by atoms with Gasteiger partial charge in [0.15, 0.2) is 0 Å². The lowest BCUT2D eigenvalue weighted by atomic mass is 10.1. The Labute approximate surface area is 198 Å². The van der Waals surface area contributed by atoms with Crippen molar-refractivity contribution in [1.29, 1.82) is 0 Å². The molecule has 11 nitrogen and oxygen atoms in total. The number of methoxy groups -OCH3 is 2. The number of hydrogen-bond donors (Lipinski definition) is 2. The number of benzene rings is 1. The molecule has 188 valence electrons. The lowest BCUT2D eigenvalue weighted by Gasteiger charge is -2.24. The van der Waals surface area contributed by atoms with E-state index in [1.165, 1.54) is 0 Å². The minimum absolute atomic E-state index is 0.0114. The first-order valence-electron chi connectivity index (χ1n) is 10.6. The summed E-state index contributed by atoms with van der Waals surface area (Å²) in [6.07, 6.45) is -1.70. The zero-order valence-corrected chi connectivity index (χ0v) is 20.0. The molecule has 0 spiro atoms. The Hall–Kier alpha value is -3.63. The van der Waals surface area contributed by atoms with Gasteiger partial charge in [-0.05, 0) is 32.8 Å². The molecule has 0 heterocycles. The fraction of sp³-hybridized carbons (Fsp3) is 0.522. The van der Waals surface area contributed by atoms with Crippen molar-refractivity contribution in [2.45, 2.75) is 64.3 Å². The third-order valence-corrected chi connectivity index (χ3v) is 4.28. The fourth-order valence-corrected chi connectivity index (χ4v) is 2.66. The summed E-state index contributed by atoms with van der Waals surface area (Å²) in [5.41, 5.74) is -0.0747. The number of rotatable bonds is 11. The average molecular weight is 481 g/mol. The van der Waals surface area contributed by atoms with Crippen LogP contribution < -0.4 is 10.6 Å². The Morgan fingerprint density at radius 3 is 2.09 bits per heavy atom. The summed E-state index contributed by atoms with van der Waals surface area (Å²) in [5, 5.41) is 4.78.